The van der Waals surface area contributed by atoms with Crippen molar-refractivity contribution in [1.82, 2.24) is 5.32 Å². The lowest BCUT2D eigenvalue weighted by molar-refractivity contribution is -0.462. The minimum absolute atomic E-state index is 0.0116. The normalized spacial score (nSPS) is 17.3. The molecule has 1 rings (SSSR count). The summed E-state index contributed by atoms with van der Waals surface area (Å²) in [6.07, 6.45) is 6.22. The van der Waals surface area contributed by atoms with Crippen LogP contribution in [0.4, 0.5) is 0 Å². The number of nitrogens with zero attached hydrogens (tertiary/aromatic N) is 1. The first-order chi connectivity index (χ1) is 4.30. The van der Waals surface area contributed by atoms with Crippen molar-refractivity contribution in [2.45, 2.75) is 0 Å². The van der Waals surface area contributed by atoms with Crippen molar-refractivity contribution in [3.05, 3.63) is 40.7 Å². The molecule has 1 heterocycles. The summed E-state index contributed by atoms with van der Waals surface area (Å²) in [6, 6.07) is 0. The molecule has 47 valence electrons. The number of rotatable bonds is 1. The summed E-state index contributed by atoms with van der Waals surface area (Å²) >= 11 is 0. The molecule has 0 aromatic rings. The van der Waals surface area contributed by atoms with Crippen molar-refractivity contribution in [2.75, 3.05) is 0 Å². The Kier molecular flexibility index (Phi) is 1.48. The van der Waals surface area contributed by atoms with E-state index >= 15 is 0 Å². The molecule has 1 aliphatic heterocycles. The monoisotopic (exact) mass is 125 g/mol. The summed E-state index contributed by atoms with van der Waals surface area (Å²) in [5.74, 6) is 0. The van der Waals surface area contributed by atoms with Gasteiger partial charge in [0.1, 0.15) is 0 Å². The van der Waals surface area contributed by atoms with E-state index in [0.29, 0.717) is 0 Å². The number of hydrogen-bond donors (Lipinski definition) is 1. The molecule has 0 fully saturated rings. The SMILES string of the molecule is O=[N+]([O-])[C]1C=CC=CN1. The lowest BCUT2D eigenvalue weighted by Crippen LogP contribution is -2.22. The average Bonchev–Trinajstić information content (AvgIpc) is 1.90. The van der Waals surface area contributed by atoms with E-state index < -0.39 is 4.92 Å². The fraction of sp³-hybridized carbons (Fsp3) is 0. The van der Waals surface area contributed by atoms with Crippen LogP contribution in [0.1, 0.15) is 0 Å². The Morgan fingerprint density at radius 1 is 1.56 bits per heavy atom. The Labute approximate surface area is 52.0 Å². The molecule has 1 radical (unpaired) electrons. The largest absolute Gasteiger partial charge is 0.406 e. The van der Waals surface area contributed by atoms with Gasteiger partial charge in [-0.15, -0.1) is 0 Å². The molecule has 0 aromatic carbocycles. The predicted molar refractivity (Wildman–Crippen MR) is 31.7 cm³/mol. The van der Waals surface area contributed by atoms with Crippen molar-refractivity contribution >= 4 is 0 Å². The topological polar surface area (TPSA) is 55.2 Å². The highest BCUT2D eigenvalue weighted by Gasteiger charge is 2.17. The van der Waals surface area contributed by atoms with Crippen molar-refractivity contribution in [3.8, 4) is 0 Å². The summed E-state index contributed by atoms with van der Waals surface area (Å²) in [5, 5.41) is 12.4. The van der Waals surface area contributed by atoms with Crippen LogP contribution in [-0.4, -0.2) is 4.92 Å². The number of hydrogen-bond acceptors (Lipinski definition) is 3. The Bertz CT molecular complexity index is 174. The van der Waals surface area contributed by atoms with Crippen LogP contribution in [0.2, 0.25) is 0 Å². The van der Waals surface area contributed by atoms with Gasteiger partial charge in [-0.2, -0.15) is 0 Å². The van der Waals surface area contributed by atoms with E-state index in [2.05, 4.69) is 5.32 Å². The maximum Gasteiger partial charge on any atom is 0.406 e. The second kappa shape index (κ2) is 2.30. The van der Waals surface area contributed by atoms with E-state index in [1.807, 2.05) is 0 Å². The lowest BCUT2D eigenvalue weighted by atomic mass is 10.3. The van der Waals surface area contributed by atoms with Crippen molar-refractivity contribution < 1.29 is 4.92 Å². The molecule has 0 atom stereocenters. The standard InChI is InChI=1S/C5H5N2O2/c8-7(9)5-3-1-2-4-6-5/h1-4,6H. The maximum absolute atomic E-state index is 9.98. The fourth-order valence-electron chi connectivity index (χ4n) is 0.497. The Morgan fingerprint density at radius 2 is 2.33 bits per heavy atom. The average molecular weight is 125 g/mol. The van der Waals surface area contributed by atoms with Crippen LogP contribution in [-0.2, 0) is 0 Å². The summed E-state index contributed by atoms with van der Waals surface area (Å²) in [5.41, 5.74) is 0. The highest BCUT2D eigenvalue weighted by atomic mass is 16.6. The summed E-state index contributed by atoms with van der Waals surface area (Å²) < 4.78 is 0. The fourth-order valence-corrected chi connectivity index (χ4v) is 0.497. The zero-order chi connectivity index (χ0) is 6.69. The van der Waals surface area contributed by atoms with Crippen LogP contribution < -0.4 is 5.32 Å². The summed E-state index contributed by atoms with van der Waals surface area (Å²) in [4.78, 5) is 9.50. The molecule has 4 nitrogen and oxygen atoms in total. The van der Waals surface area contributed by atoms with Gasteiger partial charge in [-0.1, -0.05) is 6.08 Å². The van der Waals surface area contributed by atoms with Crippen LogP contribution in [0.15, 0.2) is 24.4 Å². The van der Waals surface area contributed by atoms with Gasteiger partial charge in [0, 0.05) is 12.3 Å². The Balaban J connectivity index is 2.56. The van der Waals surface area contributed by atoms with Gasteiger partial charge in [0.05, 0.1) is 4.92 Å². The van der Waals surface area contributed by atoms with Crippen molar-refractivity contribution in [3.63, 3.8) is 0 Å². The number of allylic oxidation sites excluding steroid dienone is 2. The van der Waals surface area contributed by atoms with E-state index in [-0.39, 0.29) is 6.17 Å². The van der Waals surface area contributed by atoms with Crippen molar-refractivity contribution in [2.24, 2.45) is 0 Å². The molecule has 0 aliphatic carbocycles. The molecule has 4 heteroatoms. The smallest absolute Gasteiger partial charge is 0.316 e. The highest BCUT2D eigenvalue weighted by Crippen LogP contribution is 2.01. The van der Waals surface area contributed by atoms with Crippen LogP contribution in [0, 0.1) is 16.3 Å². The number of nitrogens with one attached hydrogen (secondary N) is 1. The minimum Gasteiger partial charge on any atom is -0.316 e. The Hall–Kier alpha value is -1.32. The minimum atomic E-state index is -0.472. The molecule has 0 bridgehead atoms. The zero-order valence-corrected chi connectivity index (χ0v) is 4.57. The zero-order valence-electron chi connectivity index (χ0n) is 4.57. The van der Waals surface area contributed by atoms with Gasteiger partial charge >= 0.3 is 6.17 Å². The number of nitro groups is 1. The van der Waals surface area contributed by atoms with E-state index in [1.165, 1.54) is 12.3 Å². The summed E-state index contributed by atoms with van der Waals surface area (Å²) in [6.45, 7) is 0. The van der Waals surface area contributed by atoms with E-state index in [0.717, 1.165) is 0 Å². The molecule has 0 aromatic heterocycles. The summed E-state index contributed by atoms with van der Waals surface area (Å²) in [7, 11) is 0. The second-order valence-electron chi connectivity index (χ2n) is 1.50. The molecule has 1 aliphatic rings. The third-order valence-electron chi connectivity index (χ3n) is 0.889. The van der Waals surface area contributed by atoms with Gasteiger partial charge in [0.2, 0.25) is 0 Å². The van der Waals surface area contributed by atoms with Crippen LogP contribution in [0.25, 0.3) is 0 Å². The molecule has 0 unspecified atom stereocenters. The van der Waals surface area contributed by atoms with Crippen LogP contribution in [0.5, 0.6) is 0 Å². The quantitative estimate of drug-likeness (QED) is 0.408. The third-order valence-corrected chi connectivity index (χ3v) is 0.889. The first-order valence-corrected chi connectivity index (χ1v) is 2.42. The lowest BCUT2D eigenvalue weighted by Gasteiger charge is -2.02. The maximum atomic E-state index is 9.98. The molecular weight excluding hydrogens is 120 g/mol. The van der Waals surface area contributed by atoms with Gasteiger partial charge in [-0.05, 0) is 6.08 Å². The van der Waals surface area contributed by atoms with Gasteiger partial charge in [-0.3, -0.25) is 10.1 Å². The first-order valence-electron chi connectivity index (χ1n) is 2.42. The molecule has 1 N–H and O–H groups in total. The molecular formula is C5H5N2O2. The van der Waals surface area contributed by atoms with Crippen LogP contribution >= 0.6 is 0 Å². The highest BCUT2D eigenvalue weighted by molar-refractivity contribution is 5.16. The van der Waals surface area contributed by atoms with Gasteiger partial charge in [0.25, 0.3) is 0 Å². The molecule has 0 saturated heterocycles. The third kappa shape index (κ3) is 1.28. The Morgan fingerprint density at radius 3 is 2.67 bits per heavy atom. The van der Waals surface area contributed by atoms with Gasteiger partial charge < -0.3 is 5.32 Å². The van der Waals surface area contributed by atoms with E-state index in [9.17, 15) is 10.1 Å². The molecule has 9 heavy (non-hydrogen) atoms. The van der Waals surface area contributed by atoms with Gasteiger partial charge in [-0.25, -0.2) is 0 Å². The van der Waals surface area contributed by atoms with E-state index in [4.69, 9.17) is 0 Å². The molecule has 0 saturated carbocycles. The molecule has 0 spiro atoms. The van der Waals surface area contributed by atoms with E-state index in [1.54, 1.807) is 12.2 Å². The van der Waals surface area contributed by atoms with Crippen LogP contribution in [0.3, 0.4) is 0 Å². The second-order valence-corrected chi connectivity index (χ2v) is 1.50. The van der Waals surface area contributed by atoms with Gasteiger partial charge in [0.15, 0.2) is 0 Å². The van der Waals surface area contributed by atoms with Crippen molar-refractivity contribution in [1.29, 1.82) is 0 Å². The number of dihydropyridines is 1. The molecule has 0 amide bonds. The first kappa shape index (κ1) is 5.81. The predicted octanol–water partition coefficient (Wildman–Crippen LogP) is 0.426.